The summed E-state index contributed by atoms with van der Waals surface area (Å²) in [4.78, 5) is 23.0. The maximum Gasteiger partial charge on any atom is 0.306 e. The van der Waals surface area contributed by atoms with Crippen LogP contribution in [0.15, 0.2) is 24.3 Å². The number of methoxy groups -OCH3 is 1. The topological polar surface area (TPSA) is 52.6 Å². The molecule has 0 aromatic heterocycles. The van der Waals surface area contributed by atoms with E-state index in [4.69, 9.17) is 9.47 Å². The minimum Gasteiger partial charge on any atom is -0.496 e. The predicted octanol–water partition coefficient (Wildman–Crippen LogP) is 1.58. The van der Waals surface area contributed by atoms with Crippen LogP contribution in [-0.4, -0.2) is 25.0 Å². The molecular formula is C12H12O4. The molecule has 0 bridgehead atoms. The van der Waals surface area contributed by atoms with Crippen molar-refractivity contribution in [3.63, 3.8) is 0 Å². The lowest BCUT2D eigenvalue weighted by atomic mass is 10.0. The van der Waals surface area contributed by atoms with Gasteiger partial charge in [-0.25, -0.2) is 0 Å². The number of hydrogen-bond acceptors (Lipinski definition) is 4. The zero-order valence-electron chi connectivity index (χ0n) is 8.93. The van der Waals surface area contributed by atoms with E-state index >= 15 is 0 Å². The van der Waals surface area contributed by atoms with Crippen LogP contribution >= 0.6 is 0 Å². The molecule has 2 rings (SSSR count). The van der Waals surface area contributed by atoms with Gasteiger partial charge in [0, 0.05) is 12.8 Å². The molecule has 1 fully saturated rings. The first kappa shape index (κ1) is 10.7. The highest BCUT2D eigenvalue weighted by Gasteiger charge is 2.31. The van der Waals surface area contributed by atoms with Gasteiger partial charge in [-0.05, 0) is 12.1 Å². The Morgan fingerprint density at radius 1 is 1.44 bits per heavy atom. The molecule has 1 saturated heterocycles. The smallest absolute Gasteiger partial charge is 0.306 e. The third-order valence-electron chi connectivity index (χ3n) is 2.55. The molecule has 0 N–H and O–H groups in total. The monoisotopic (exact) mass is 220 g/mol. The van der Waals surface area contributed by atoms with Crippen LogP contribution in [0, 0.1) is 0 Å². The molecule has 1 unspecified atom stereocenters. The summed E-state index contributed by atoms with van der Waals surface area (Å²) >= 11 is 0. The highest BCUT2D eigenvalue weighted by atomic mass is 16.6. The summed E-state index contributed by atoms with van der Waals surface area (Å²) in [6.45, 7) is 0. The second-order valence-corrected chi connectivity index (χ2v) is 3.58. The molecule has 0 saturated carbocycles. The maximum absolute atomic E-state index is 12.0. The number of esters is 1. The highest BCUT2D eigenvalue weighted by Crippen LogP contribution is 2.24. The second-order valence-electron chi connectivity index (χ2n) is 3.58. The number of para-hydroxylation sites is 1. The molecule has 1 aliphatic heterocycles. The van der Waals surface area contributed by atoms with Crippen LogP contribution in [-0.2, 0) is 9.53 Å². The van der Waals surface area contributed by atoms with Crippen LogP contribution in [0.25, 0.3) is 0 Å². The lowest BCUT2D eigenvalue weighted by Gasteiger charge is -2.10. The Hall–Kier alpha value is -1.84. The fraction of sp³-hybridized carbons (Fsp3) is 0.333. The number of carbonyl (C=O) groups excluding carboxylic acids is 2. The number of Topliss-reactive ketones (excluding diaryl/α,β-unsaturated/α-hetero) is 1. The average Bonchev–Trinajstić information content (AvgIpc) is 2.75. The molecule has 0 spiro atoms. The SMILES string of the molecule is COc1ccccc1C(=O)C1CCC(=O)O1. The van der Waals surface area contributed by atoms with Crippen molar-refractivity contribution in [2.45, 2.75) is 18.9 Å². The van der Waals surface area contributed by atoms with Gasteiger partial charge in [0.25, 0.3) is 0 Å². The molecule has 0 amide bonds. The maximum atomic E-state index is 12.0. The Kier molecular flexibility index (Phi) is 2.90. The first-order chi connectivity index (χ1) is 7.72. The van der Waals surface area contributed by atoms with Crippen LogP contribution < -0.4 is 4.74 Å². The lowest BCUT2D eigenvalue weighted by molar-refractivity contribution is -0.140. The third-order valence-corrected chi connectivity index (χ3v) is 2.55. The van der Waals surface area contributed by atoms with Crippen LogP contribution in [0.4, 0.5) is 0 Å². The summed E-state index contributed by atoms with van der Waals surface area (Å²) in [5, 5.41) is 0. The Balaban J connectivity index is 2.23. The summed E-state index contributed by atoms with van der Waals surface area (Å²) in [5.41, 5.74) is 0.463. The van der Waals surface area contributed by atoms with Gasteiger partial charge in [0.15, 0.2) is 6.10 Å². The van der Waals surface area contributed by atoms with Crippen LogP contribution in [0.2, 0.25) is 0 Å². The standard InChI is InChI=1S/C12H12O4/c1-15-9-5-3-2-4-8(9)12(14)10-6-7-11(13)16-10/h2-5,10H,6-7H2,1H3. The number of ketones is 1. The molecule has 0 aliphatic carbocycles. The van der Waals surface area contributed by atoms with Crippen molar-refractivity contribution in [3.8, 4) is 5.75 Å². The molecule has 16 heavy (non-hydrogen) atoms. The van der Waals surface area contributed by atoms with Crippen LogP contribution in [0.1, 0.15) is 23.2 Å². The zero-order chi connectivity index (χ0) is 11.5. The normalized spacial score (nSPS) is 19.3. The van der Waals surface area contributed by atoms with E-state index in [-0.39, 0.29) is 11.8 Å². The minimum absolute atomic E-state index is 0.191. The molecule has 0 radical (unpaired) electrons. The van der Waals surface area contributed by atoms with E-state index in [9.17, 15) is 9.59 Å². The first-order valence-electron chi connectivity index (χ1n) is 5.09. The predicted molar refractivity (Wildman–Crippen MR) is 56.4 cm³/mol. The van der Waals surface area contributed by atoms with Gasteiger partial charge in [-0.2, -0.15) is 0 Å². The van der Waals surface area contributed by atoms with Crippen molar-refractivity contribution in [3.05, 3.63) is 29.8 Å². The Labute approximate surface area is 93.2 Å². The van der Waals surface area contributed by atoms with Crippen LogP contribution in [0.3, 0.4) is 0 Å². The molecule has 1 atom stereocenters. The van der Waals surface area contributed by atoms with Gasteiger partial charge in [0.2, 0.25) is 5.78 Å². The second kappa shape index (κ2) is 4.35. The number of hydrogen-bond donors (Lipinski definition) is 0. The number of cyclic esters (lactones) is 1. The Morgan fingerprint density at radius 2 is 2.19 bits per heavy atom. The summed E-state index contributed by atoms with van der Waals surface area (Å²) in [6, 6.07) is 6.93. The summed E-state index contributed by atoms with van der Waals surface area (Å²) in [6.07, 6.45) is 0.116. The van der Waals surface area contributed by atoms with Gasteiger partial charge in [0.1, 0.15) is 5.75 Å². The van der Waals surface area contributed by atoms with Gasteiger partial charge in [-0.3, -0.25) is 9.59 Å². The van der Waals surface area contributed by atoms with Crippen molar-refractivity contribution in [2.75, 3.05) is 7.11 Å². The molecule has 1 heterocycles. The van der Waals surface area contributed by atoms with E-state index in [1.807, 2.05) is 0 Å². The van der Waals surface area contributed by atoms with Gasteiger partial charge in [-0.15, -0.1) is 0 Å². The Morgan fingerprint density at radius 3 is 2.81 bits per heavy atom. The van der Waals surface area contributed by atoms with Crippen molar-refractivity contribution in [2.24, 2.45) is 0 Å². The fourth-order valence-corrected chi connectivity index (χ4v) is 1.73. The molecule has 4 nitrogen and oxygen atoms in total. The van der Waals surface area contributed by atoms with Crippen molar-refractivity contribution >= 4 is 11.8 Å². The number of carbonyl (C=O) groups is 2. The average molecular weight is 220 g/mol. The van der Waals surface area contributed by atoms with Crippen molar-refractivity contribution in [1.82, 2.24) is 0 Å². The van der Waals surface area contributed by atoms with E-state index in [2.05, 4.69) is 0 Å². The zero-order valence-corrected chi connectivity index (χ0v) is 8.93. The van der Waals surface area contributed by atoms with E-state index in [0.717, 1.165) is 0 Å². The van der Waals surface area contributed by atoms with Crippen molar-refractivity contribution < 1.29 is 19.1 Å². The van der Waals surface area contributed by atoms with E-state index in [1.54, 1.807) is 24.3 Å². The summed E-state index contributed by atoms with van der Waals surface area (Å²) < 4.78 is 10.0. The Bertz CT molecular complexity index is 425. The molecule has 1 aromatic rings. The van der Waals surface area contributed by atoms with Gasteiger partial charge in [0.05, 0.1) is 12.7 Å². The fourth-order valence-electron chi connectivity index (χ4n) is 1.73. The van der Waals surface area contributed by atoms with E-state index in [1.165, 1.54) is 7.11 Å². The molecule has 1 aromatic carbocycles. The number of rotatable bonds is 3. The summed E-state index contributed by atoms with van der Waals surface area (Å²) in [5.74, 6) is 0.00648. The number of ether oxygens (including phenoxy) is 2. The molecule has 84 valence electrons. The number of benzene rings is 1. The van der Waals surface area contributed by atoms with Crippen molar-refractivity contribution in [1.29, 1.82) is 0 Å². The minimum atomic E-state index is -0.649. The van der Waals surface area contributed by atoms with E-state index in [0.29, 0.717) is 24.2 Å². The van der Waals surface area contributed by atoms with Gasteiger partial charge >= 0.3 is 5.97 Å². The molecule has 4 heteroatoms. The lowest BCUT2D eigenvalue weighted by Crippen LogP contribution is -2.20. The van der Waals surface area contributed by atoms with Crippen LogP contribution in [0.5, 0.6) is 5.75 Å². The highest BCUT2D eigenvalue weighted by molar-refractivity contribution is 6.03. The first-order valence-corrected chi connectivity index (χ1v) is 5.09. The van der Waals surface area contributed by atoms with E-state index < -0.39 is 6.10 Å². The van der Waals surface area contributed by atoms with Gasteiger partial charge < -0.3 is 9.47 Å². The quantitative estimate of drug-likeness (QED) is 0.573. The largest absolute Gasteiger partial charge is 0.496 e. The molecular weight excluding hydrogens is 208 g/mol. The molecule has 1 aliphatic rings. The third kappa shape index (κ3) is 1.91. The van der Waals surface area contributed by atoms with Gasteiger partial charge in [-0.1, -0.05) is 12.1 Å². The summed E-state index contributed by atoms with van der Waals surface area (Å²) in [7, 11) is 1.51.